The molecule has 1 amide bonds. The number of nitrogens with one attached hydrogen (secondary N) is 1. The van der Waals surface area contributed by atoms with Gasteiger partial charge in [0.05, 0.1) is 18.0 Å². The van der Waals surface area contributed by atoms with E-state index >= 15 is 0 Å². The van der Waals surface area contributed by atoms with Crippen molar-refractivity contribution in [2.75, 3.05) is 29.2 Å². The average molecular weight is 437 g/mol. The lowest BCUT2D eigenvalue weighted by Crippen LogP contribution is -2.58. The van der Waals surface area contributed by atoms with Crippen molar-refractivity contribution in [1.82, 2.24) is 9.97 Å². The van der Waals surface area contributed by atoms with Crippen LogP contribution in [-0.2, 0) is 4.79 Å². The van der Waals surface area contributed by atoms with E-state index < -0.39 is 11.5 Å². The predicted molar refractivity (Wildman–Crippen MR) is 120 cm³/mol. The van der Waals surface area contributed by atoms with Gasteiger partial charge >= 0.3 is 0 Å². The van der Waals surface area contributed by atoms with Crippen LogP contribution < -0.4 is 15.1 Å². The zero-order valence-corrected chi connectivity index (χ0v) is 18.3. The van der Waals surface area contributed by atoms with E-state index in [2.05, 4.69) is 15.3 Å². The third-order valence-electron chi connectivity index (χ3n) is 6.48. The van der Waals surface area contributed by atoms with E-state index in [1.165, 1.54) is 12.1 Å². The van der Waals surface area contributed by atoms with Crippen LogP contribution in [0.4, 0.5) is 27.5 Å². The second-order valence-electron chi connectivity index (χ2n) is 9.07. The van der Waals surface area contributed by atoms with Crippen molar-refractivity contribution in [3.63, 3.8) is 0 Å². The normalized spacial score (nSPS) is 23.8. The first-order chi connectivity index (χ1) is 15.1. The molecule has 2 aromatic rings. The number of benzene rings is 1. The summed E-state index contributed by atoms with van der Waals surface area (Å²) in [7, 11) is 8.88. The number of nitrogens with zero attached hydrogens (tertiary/aromatic N) is 4. The van der Waals surface area contributed by atoms with Crippen LogP contribution in [-0.4, -0.2) is 61.3 Å². The average Bonchev–Trinajstić information content (AvgIpc) is 2.67. The lowest BCUT2D eigenvalue weighted by atomic mass is 9.52. The van der Waals surface area contributed by atoms with Gasteiger partial charge in [0.25, 0.3) is 0 Å². The number of carbonyl (C=O) groups excluding carboxylic acids is 2. The molecule has 0 atom stereocenters. The van der Waals surface area contributed by atoms with Crippen molar-refractivity contribution in [2.45, 2.75) is 44.8 Å². The number of anilines is 4. The standard InChI is InChI=1S/C22H25BFN5O3/c1-12-4-15(19(23)32)16(24)5-17(12)26-21-25-10-18(28(2)3)20(27-21)29(11-30)13-6-22(7-13)8-14(31)9-22/h4-5,10-11,13-14,31H,6-9H2,1-3H3,(H,25,26,27). The summed E-state index contributed by atoms with van der Waals surface area (Å²) in [4.78, 5) is 35.7. The molecular formula is C22H25BFN5O3. The summed E-state index contributed by atoms with van der Waals surface area (Å²) in [5, 5.41) is 12.6. The van der Waals surface area contributed by atoms with Crippen LogP contribution >= 0.6 is 0 Å². The van der Waals surface area contributed by atoms with E-state index in [0.29, 0.717) is 22.8 Å². The summed E-state index contributed by atoms with van der Waals surface area (Å²) >= 11 is 0. The van der Waals surface area contributed by atoms with E-state index in [9.17, 15) is 19.1 Å². The van der Waals surface area contributed by atoms with Crippen LogP contribution in [0.2, 0.25) is 0 Å². The summed E-state index contributed by atoms with van der Waals surface area (Å²) in [6.07, 6.45) is 5.34. The number of amides is 1. The molecule has 0 aliphatic heterocycles. The summed E-state index contributed by atoms with van der Waals surface area (Å²) in [6, 6.07) is 2.54. The van der Waals surface area contributed by atoms with E-state index in [-0.39, 0.29) is 29.1 Å². The van der Waals surface area contributed by atoms with E-state index in [1.54, 1.807) is 18.0 Å². The number of hydrogen-bond acceptors (Lipinski definition) is 7. The van der Waals surface area contributed by atoms with Crippen LogP contribution in [0.3, 0.4) is 0 Å². The Kier molecular flexibility index (Phi) is 5.66. The van der Waals surface area contributed by atoms with Crippen LogP contribution in [0.1, 0.15) is 41.6 Å². The van der Waals surface area contributed by atoms with Crippen LogP contribution in [0.15, 0.2) is 18.3 Å². The molecule has 2 radical (unpaired) electrons. The maximum absolute atomic E-state index is 14.3. The molecule has 1 aromatic heterocycles. The largest absolute Gasteiger partial charge is 0.393 e. The fraction of sp³-hybridized carbons (Fsp3) is 0.455. The maximum Gasteiger partial charge on any atom is 0.229 e. The van der Waals surface area contributed by atoms with Gasteiger partial charge in [0.1, 0.15) is 11.5 Å². The third kappa shape index (κ3) is 3.95. The Morgan fingerprint density at radius 2 is 2.00 bits per heavy atom. The lowest BCUT2D eigenvalue weighted by molar-refractivity contribution is -0.113. The Balaban J connectivity index is 1.62. The van der Waals surface area contributed by atoms with E-state index in [4.69, 9.17) is 7.85 Å². The Labute approximate surface area is 187 Å². The summed E-state index contributed by atoms with van der Waals surface area (Å²) in [5.74, 6) is -0.0957. The molecule has 1 aromatic carbocycles. The fourth-order valence-corrected chi connectivity index (χ4v) is 4.78. The second-order valence-corrected chi connectivity index (χ2v) is 9.07. The fourth-order valence-electron chi connectivity index (χ4n) is 4.78. The lowest BCUT2D eigenvalue weighted by Gasteiger charge is -2.58. The van der Waals surface area contributed by atoms with Gasteiger partial charge in [-0.25, -0.2) is 9.37 Å². The Bertz CT molecular complexity index is 1070. The molecule has 8 nitrogen and oxygen atoms in total. The highest BCUT2D eigenvalue weighted by Gasteiger charge is 2.54. The molecule has 1 spiro atoms. The van der Waals surface area contributed by atoms with E-state index in [1.807, 2.05) is 19.0 Å². The summed E-state index contributed by atoms with van der Waals surface area (Å²) in [5.41, 5.74) is 0.756. The molecule has 2 N–H and O–H groups in total. The van der Waals surface area contributed by atoms with Gasteiger partial charge in [-0.15, -0.1) is 0 Å². The van der Waals surface area contributed by atoms with Crippen molar-refractivity contribution in [3.05, 3.63) is 35.3 Å². The highest BCUT2D eigenvalue weighted by molar-refractivity contribution is 6.62. The molecule has 166 valence electrons. The van der Waals surface area contributed by atoms with Gasteiger partial charge in [-0.3, -0.25) is 9.69 Å². The molecule has 0 unspecified atom stereocenters. The minimum absolute atomic E-state index is 0.00418. The van der Waals surface area contributed by atoms with Crippen molar-refractivity contribution < 1.29 is 19.1 Å². The predicted octanol–water partition coefficient (Wildman–Crippen LogP) is 2.31. The molecule has 2 aliphatic rings. The number of carbonyl (C=O) groups is 2. The number of hydrogen-bond donors (Lipinski definition) is 2. The highest BCUT2D eigenvalue weighted by atomic mass is 19.1. The van der Waals surface area contributed by atoms with Gasteiger partial charge in [0.2, 0.25) is 12.4 Å². The van der Waals surface area contributed by atoms with Gasteiger partial charge in [-0.05, 0) is 55.7 Å². The monoisotopic (exact) mass is 437 g/mol. The maximum atomic E-state index is 14.3. The zero-order chi connectivity index (χ0) is 23.2. The number of aryl methyl sites for hydroxylation is 1. The van der Waals surface area contributed by atoms with Crippen molar-refractivity contribution in [2.24, 2.45) is 5.41 Å². The first kappa shape index (κ1) is 22.2. The van der Waals surface area contributed by atoms with Crippen LogP contribution in [0, 0.1) is 18.2 Å². The molecule has 0 bridgehead atoms. The molecule has 2 fully saturated rings. The Morgan fingerprint density at radius 1 is 1.31 bits per heavy atom. The topological polar surface area (TPSA) is 98.7 Å². The van der Waals surface area contributed by atoms with Gasteiger partial charge in [-0.1, -0.05) is 0 Å². The third-order valence-corrected chi connectivity index (χ3v) is 6.48. The molecular weight excluding hydrogens is 412 g/mol. The second kappa shape index (κ2) is 8.16. The van der Waals surface area contributed by atoms with Gasteiger partial charge in [-0.2, -0.15) is 4.98 Å². The van der Waals surface area contributed by atoms with Gasteiger partial charge in [0.15, 0.2) is 13.7 Å². The molecule has 4 rings (SSSR count). The van der Waals surface area contributed by atoms with Gasteiger partial charge < -0.3 is 20.1 Å². The minimum atomic E-state index is -0.843. The Hall–Kier alpha value is -3.01. The number of aliphatic hydroxyl groups excluding tert-OH is 1. The molecule has 10 heteroatoms. The number of halogens is 1. The molecule has 2 saturated carbocycles. The summed E-state index contributed by atoms with van der Waals surface area (Å²) < 4.78 is 14.3. The quantitative estimate of drug-likeness (QED) is 0.507. The molecule has 2 aliphatic carbocycles. The number of aromatic nitrogens is 2. The number of aliphatic hydroxyl groups is 1. The number of rotatable bonds is 7. The SMILES string of the molecule is [B]C(=O)c1cc(C)c(Nc2ncc(N(C)C)c(N(C=O)C3CC4(CC(O)C4)C3)n2)cc1F. The van der Waals surface area contributed by atoms with Crippen molar-refractivity contribution in [1.29, 1.82) is 0 Å². The van der Waals surface area contributed by atoms with Crippen molar-refractivity contribution >= 4 is 43.1 Å². The van der Waals surface area contributed by atoms with Crippen molar-refractivity contribution in [3.8, 4) is 0 Å². The molecule has 32 heavy (non-hydrogen) atoms. The zero-order valence-electron chi connectivity index (χ0n) is 18.3. The highest BCUT2D eigenvalue weighted by Crippen LogP contribution is 2.57. The summed E-state index contributed by atoms with van der Waals surface area (Å²) in [6.45, 7) is 1.71. The van der Waals surface area contributed by atoms with E-state index in [0.717, 1.165) is 32.1 Å². The first-order valence-electron chi connectivity index (χ1n) is 10.5. The molecule has 0 saturated heterocycles. The minimum Gasteiger partial charge on any atom is -0.393 e. The smallest absolute Gasteiger partial charge is 0.229 e. The van der Waals surface area contributed by atoms with Gasteiger partial charge in [0, 0.05) is 31.4 Å². The van der Waals surface area contributed by atoms with Crippen LogP contribution in [0.25, 0.3) is 0 Å². The molecule has 1 heterocycles. The van der Waals surface area contributed by atoms with Crippen LogP contribution in [0.5, 0.6) is 0 Å². The first-order valence-corrected chi connectivity index (χ1v) is 10.5. The Morgan fingerprint density at radius 3 is 2.56 bits per heavy atom.